The van der Waals surface area contributed by atoms with E-state index in [1.165, 1.54) is 0 Å². The molecule has 2 saturated heterocycles. The zero-order valence-corrected chi connectivity index (χ0v) is 13.9. The molecule has 1 spiro atoms. The van der Waals surface area contributed by atoms with Gasteiger partial charge in [-0.25, -0.2) is 4.79 Å². The number of aliphatic hydroxyl groups excluding tert-OH is 1. The highest BCUT2D eigenvalue weighted by Crippen LogP contribution is 2.40. The van der Waals surface area contributed by atoms with Gasteiger partial charge in [-0.1, -0.05) is 23.3 Å². The maximum atomic E-state index is 12.4. The first-order chi connectivity index (χ1) is 11.9. The Hall–Kier alpha value is -2.16. The average molecular weight is 349 g/mol. The molecule has 0 radical (unpaired) electrons. The van der Waals surface area contributed by atoms with Crippen LogP contribution in [0.3, 0.4) is 0 Å². The van der Waals surface area contributed by atoms with Crippen molar-refractivity contribution in [1.29, 1.82) is 0 Å². The number of aliphatic hydroxyl groups is 1. The summed E-state index contributed by atoms with van der Waals surface area (Å²) in [6.45, 7) is 3.26. The molecule has 1 N–H and O–H groups in total. The Morgan fingerprint density at radius 3 is 2.68 bits per heavy atom. The average Bonchev–Trinajstić information content (AvgIpc) is 2.91. The molecule has 0 amide bonds. The van der Waals surface area contributed by atoms with Gasteiger partial charge in [-0.3, -0.25) is 0 Å². The van der Waals surface area contributed by atoms with Gasteiger partial charge in [0.1, 0.15) is 12.7 Å². The molecule has 2 aliphatic rings. The molecule has 9 nitrogen and oxygen atoms in total. The van der Waals surface area contributed by atoms with Crippen molar-refractivity contribution in [2.45, 2.75) is 43.7 Å². The summed E-state index contributed by atoms with van der Waals surface area (Å²) in [6.07, 6.45) is -2.51. The highest BCUT2D eigenvalue weighted by Gasteiger charge is 2.60. The molecular weight excluding hydrogens is 330 g/mol. The van der Waals surface area contributed by atoms with Gasteiger partial charge in [-0.05, 0) is 31.5 Å². The van der Waals surface area contributed by atoms with E-state index in [9.17, 15) is 9.90 Å². The fourth-order valence-corrected chi connectivity index (χ4v) is 2.91. The van der Waals surface area contributed by atoms with E-state index in [0.717, 1.165) is 0 Å². The van der Waals surface area contributed by atoms with Crippen molar-refractivity contribution >= 4 is 5.97 Å². The third-order valence-corrected chi connectivity index (χ3v) is 4.12. The lowest BCUT2D eigenvalue weighted by Gasteiger charge is -2.43. The summed E-state index contributed by atoms with van der Waals surface area (Å²) in [5.74, 6) is -3.08. The standard InChI is InChI=1S/C16H19N3O6/c1-15(2)23-9-16(25-15)13(12(20)11(8-22-16)18-19-17)24-14(21)10-6-4-3-5-7-10/h3-7,11-13,20H,8-9H2,1-2H3/t11-,12-,13+,16+/m1/s1. The molecule has 1 aromatic carbocycles. The number of ether oxygens (including phenoxy) is 4. The zero-order chi connectivity index (χ0) is 18.1. The monoisotopic (exact) mass is 349 g/mol. The molecule has 9 heteroatoms. The van der Waals surface area contributed by atoms with Gasteiger partial charge in [0.05, 0.1) is 18.2 Å². The molecule has 3 rings (SSSR count). The molecule has 2 aliphatic heterocycles. The Balaban J connectivity index is 1.88. The fraction of sp³-hybridized carbons (Fsp3) is 0.562. The molecule has 2 fully saturated rings. The van der Waals surface area contributed by atoms with E-state index >= 15 is 0 Å². The van der Waals surface area contributed by atoms with Crippen LogP contribution in [-0.4, -0.2) is 54.1 Å². The SMILES string of the molecule is CC1(C)OC[C@]2(OC[C@@H](N=[N+]=[N-])[C@@H](O)[C@@H]2OC(=O)c2ccccc2)O1. The second-order valence-corrected chi connectivity index (χ2v) is 6.37. The molecule has 2 heterocycles. The largest absolute Gasteiger partial charge is 0.450 e. The molecule has 0 aliphatic carbocycles. The summed E-state index contributed by atoms with van der Waals surface area (Å²) in [4.78, 5) is 15.1. The first-order valence-electron chi connectivity index (χ1n) is 7.83. The van der Waals surface area contributed by atoms with Gasteiger partial charge < -0.3 is 24.1 Å². The van der Waals surface area contributed by atoms with Crippen LogP contribution in [0.5, 0.6) is 0 Å². The Kier molecular flexibility index (Phi) is 4.68. The molecule has 0 unspecified atom stereocenters. The van der Waals surface area contributed by atoms with E-state index in [1.54, 1.807) is 44.2 Å². The number of benzene rings is 1. The summed E-state index contributed by atoms with van der Waals surface area (Å²) >= 11 is 0. The summed E-state index contributed by atoms with van der Waals surface area (Å²) < 4.78 is 22.5. The van der Waals surface area contributed by atoms with Gasteiger partial charge in [0.15, 0.2) is 11.9 Å². The second kappa shape index (κ2) is 6.62. The van der Waals surface area contributed by atoms with Crippen molar-refractivity contribution in [2.24, 2.45) is 5.11 Å². The normalized spacial score (nSPS) is 33.6. The molecule has 0 saturated carbocycles. The van der Waals surface area contributed by atoms with Crippen LogP contribution in [0.1, 0.15) is 24.2 Å². The minimum Gasteiger partial charge on any atom is -0.450 e. The first kappa shape index (κ1) is 17.7. The third-order valence-electron chi connectivity index (χ3n) is 4.12. The molecule has 134 valence electrons. The van der Waals surface area contributed by atoms with Gasteiger partial charge in [0.25, 0.3) is 0 Å². The molecule has 0 aromatic heterocycles. The number of carbonyl (C=O) groups is 1. The lowest BCUT2D eigenvalue weighted by atomic mass is 9.95. The van der Waals surface area contributed by atoms with Crippen LogP contribution in [0.15, 0.2) is 35.4 Å². The van der Waals surface area contributed by atoms with Crippen molar-refractivity contribution in [3.63, 3.8) is 0 Å². The summed E-state index contributed by atoms with van der Waals surface area (Å²) in [6, 6.07) is 7.43. The summed E-state index contributed by atoms with van der Waals surface area (Å²) in [5.41, 5.74) is 8.96. The quantitative estimate of drug-likeness (QED) is 0.384. The number of rotatable bonds is 3. The topological polar surface area (TPSA) is 123 Å². The Morgan fingerprint density at radius 2 is 2.08 bits per heavy atom. The minimum absolute atomic E-state index is 0.0349. The zero-order valence-electron chi connectivity index (χ0n) is 13.9. The number of azide groups is 1. The predicted octanol–water partition coefficient (Wildman–Crippen LogP) is 1.76. The molecule has 25 heavy (non-hydrogen) atoms. The Bertz CT molecular complexity index is 690. The predicted molar refractivity (Wildman–Crippen MR) is 84.4 cm³/mol. The Morgan fingerprint density at radius 1 is 1.36 bits per heavy atom. The van der Waals surface area contributed by atoms with Crippen molar-refractivity contribution < 1.29 is 28.8 Å². The van der Waals surface area contributed by atoms with Crippen LogP contribution < -0.4 is 0 Å². The van der Waals surface area contributed by atoms with Crippen LogP contribution >= 0.6 is 0 Å². The third kappa shape index (κ3) is 3.46. The maximum absolute atomic E-state index is 12.4. The van der Waals surface area contributed by atoms with Crippen molar-refractivity contribution in [1.82, 2.24) is 0 Å². The first-order valence-corrected chi connectivity index (χ1v) is 7.83. The number of nitrogens with zero attached hydrogens (tertiary/aromatic N) is 3. The van der Waals surface area contributed by atoms with E-state index in [1.807, 2.05) is 0 Å². The van der Waals surface area contributed by atoms with Crippen LogP contribution in [0.25, 0.3) is 10.4 Å². The second-order valence-electron chi connectivity index (χ2n) is 6.37. The van der Waals surface area contributed by atoms with Gasteiger partial charge in [0, 0.05) is 4.91 Å². The van der Waals surface area contributed by atoms with E-state index in [4.69, 9.17) is 24.5 Å². The maximum Gasteiger partial charge on any atom is 0.338 e. The number of carbonyl (C=O) groups excluding carboxylic acids is 1. The number of esters is 1. The van der Waals surface area contributed by atoms with Crippen LogP contribution in [0.4, 0.5) is 0 Å². The van der Waals surface area contributed by atoms with Gasteiger partial charge in [0.2, 0.25) is 5.79 Å². The Labute approximate surface area is 144 Å². The molecule has 1 aromatic rings. The number of hydrogen-bond acceptors (Lipinski definition) is 7. The highest BCUT2D eigenvalue weighted by atomic mass is 16.8. The van der Waals surface area contributed by atoms with Gasteiger partial charge >= 0.3 is 5.97 Å². The van der Waals surface area contributed by atoms with E-state index in [2.05, 4.69) is 10.0 Å². The number of hydrogen-bond donors (Lipinski definition) is 1. The van der Waals surface area contributed by atoms with Crippen molar-refractivity contribution in [2.75, 3.05) is 13.2 Å². The van der Waals surface area contributed by atoms with Crippen LogP contribution in [0.2, 0.25) is 0 Å². The lowest BCUT2D eigenvalue weighted by molar-refractivity contribution is -0.322. The minimum atomic E-state index is -1.46. The summed E-state index contributed by atoms with van der Waals surface area (Å²) in [5, 5.41) is 14.1. The molecular formula is C16H19N3O6. The van der Waals surface area contributed by atoms with Crippen LogP contribution in [0, 0.1) is 0 Å². The molecule has 4 atom stereocenters. The van der Waals surface area contributed by atoms with Crippen molar-refractivity contribution in [3.8, 4) is 0 Å². The smallest absolute Gasteiger partial charge is 0.338 e. The molecule has 0 bridgehead atoms. The fourth-order valence-electron chi connectivity index (χ4n) is 2.91. The van der Waals surface area contributed by atoms with E-state index < -0.39 is 35.8 Å². The lowest BCUT2D eigenvalue weighted by Crippen LogP contribution is -2.63. The highest BCUT2D eigenvalue weighted by molar-refractivity contribution is 5.89. The van der Waals surface area contributed by atoms with Gasteiger partial charge in [-0.15, -0.1) is 0 Å². The van der Waals surface area contributed by atoms with Crippen molar-refractivity contribution in [3.05, 3.63) is 46.3 Å². The van der Waals surface area contributed by atoms with Crippen LogP contribution in [-0.2, 0) is 18.9 Å². The van der Waals surface area contributed by atoms with Gasteiger partial charge in [-0.2, -0.15) is 0 Å². The van der Waals surface area contributed by atoms with E-state index in [-0.39, 0.29) is 13.2 Å². The summed E-state index contributed by atoms with van der Waals surface area (Å²) in [7, 11) is 0. The van der Waals surface area contributed by atoms with E-state index in [0.29, 0.717) is 5.56 Å².